The normalized spacial score (nSPS) is 10.1. The van der Waals surface area contributed by atoms with Crippen molar-refractivity contribution in [2.75, 3.05) is 0 Å². The smallest absolute Gasteiger partial charge is 0.335 e. The summed E-state index contributed by atoms with van der Waals surface area (Å²) in [5, 5.41) is 18.1. The summed E-state index contributed by atoms with van der Waals surface area (Å²) in [4.78, 5) is 15.0. The molecule has 0 atom stereocenters. The van der Waals surface area contributed by atoms with E-state index in [9.17, 15) is 10.1 Å². The van der Waals surface area contributed by atoms with Crippen molar-refractivity contribution in [1.82, 2.24) is 4.98 Å². The number of hydrogen-bond acceptors (Lipinski definition) is 4. The predicted octanol–water partition coefficient (Wildman–Crippen LogP) is 3.58. The molecule has 0 saturated carbocycles. The van der Waals surface area contributed by atoms with Gasteiger partial charge in [-0.25, -0.2) is 4.79 Å². The van der Waals surface area contributed by atoms with Crippen molar-refractivity contribution in [3.8, 4) is 28.8 Å². The molecule has 0 saturated heterocycles. The lowest BCUT2D eigenvalue weighted by Crippen LogP contribution is -1.94. The number of carbonyl (C=O) groups is 1. The number of benzene rings is 2. The molecule has 22 heavy (non-hydrogen) atoms. The second kappa shape index (κ2) is 5.54. The summed E-state index contributed by atoms with van der Waals surface area (Å²) >= 11 is 0. The van der Waals surface area contributed by atoms with Gasteiger partial charge in [0.05, 0.1) is 5.56 Å². The molecule has 0 fully saturated rings. The van der Waals surface area contributed by atoms with Gasteiger partial charge in [-0.3, -0.25) is 0 Å². The molecule has 0 bridgehead atoms. The lowest BCUT2D eigenvalue weighted by molar-refractivity contribution is 0.0697. The van der Waals surface area contributed by atoms with E-state index in [1.54, 1.807) is 12.1 Å². The number of oxazole rings is 1. The van der Waals surface area contributed by atoms with Crippen LogP contribution in [0.1, 0.15) is 16.1 Å². The molecular formula is C17H10N2O3. The minimum Gasteiger partial charge on any atom is -0.478 e. The molecule has 0 amide bonds. The summed E-state index contributed by atoms with van der Waals surface area (Å²) in [7, 11) is 0. The highest BCUT2D eigenvalue weighted by atomic mass is 16.4. The molecule has 0 radical (unpaired) electrons. The Morgan fingerprint density at radius 3 is 2.32 bits per heavy atom. The third-order valence-electron chi connectivity index (χ3n) is 3.15. The maximum Gasteiger partial charge on any atom is 0.335 e. The molecule has 0 spiro atoms. The number of carboxylic acids is 1. The molecule has 0 unspecified atom stereocenters. The molecule has 1 N–H and O–H groups in total. The van der Waals surface area contributed by atoms with Crippen LogP contribution in [-0.2, 0) is 0 Å². The molecule has 0 aliphatic carbocycles. The van der Waals surface area contributed by atoms with Gasteiger partial charge in [0.15, 0.2) is 11.5 Å². The maximum atomic E-state index is 10.9. The third kappa shape index (κ3) is 2.45. The lowest BCUT2D eigenvalue weighted by Gasteiger charge is -1.98. The maximum absolute atomic E-state index is 10.9. The Labute approximate surface area is 126 Å². The summed E-state index contributed by atoms with van der Waals surface area (Å²) < 4.78 is 5.70. The van der Waals surface area contributed by atoms with Crippen LogP contribution in [0, 0.1) is 11.3 Å². The van der Waals surface area contributed by atoms with Gasteiger partial charge in [0.25, 0.3) is 0 Å². The van der Waals surface area contributed by atoms with Crippen molar-refractivity contribution < 1.29 is 14.3 Å². The van der Waals surface area contributed by atoms with Crippen LogP contribution >= 0.6 is 0 Å². The highest BCUT2D eigenvalue weighted by Gasteiger charge is 2.16. The van der Waals surface area contributed by atoms with E-state index < -0.39 is 5.97 Å². The molecule has 106 valence electrons. The first-order valence-corrected chi connectivity index (χ1v) is 6.49. The minimum absolute atomic E-state index is 0.180. The molecule has 2 aromatic carbocycles. The van der Waals surface area contributed by atoms with Crippen LogP contribution in [0.4, 0.5) is 0 Å². The Hall–Kier alpha value is -3.39. The van der Waals surface area contributed by atoms with Crippen molar-refractivity contribution in [2.45, 2.75) is 0 Å². The minimum atomic E-state index is -0.998. The van der Waals surface area contributed by atoms with E-state index in [0.717, 1.165) is 5.56 Å². The van der Waals surface area contributed by atoms with E-state index in [1.165, 1.54) is 12.1 Å². The second-order valence-electron chi connectivity index (χ2n) is 4.56. The molecule has 5 heteroatoms. The van der Waals surface area contributed by atoms with Gasteiger partial charge < -0.3 is 9.52 Å². The highest BCUT2D eigenvalue weighted by molar-refractivity contribution is 5.88. The molecule has 3 rings (SSSR count). The number of nitrogens with zero attached hydrogens (tertiary/aromatic N) is 2. The van der Waals surface area contributed by atoms with Crippen LogP contribution in [0.15, 0.2) is 59.0 Å². The van der Waals surface area contributed by atoms with Crippen LogP contribution in [-0.4, -0.2) is 16.1 Å². The van der Waals surface area contributed by atoms with Gasteiger partial charge in [-0.15, -0.1) is 0 Å². The van der Waals surface area contributed by atoms with E-state index >= 15 is 0 Å². The van der Waals surface area contributed by atoms with Crippen LogP contribution in [0.3, 0.4) is 0 Å². The molecule has 0 aliphatic heterocycles. The van der Waals surface area contributed by atoms with E-state index in [0.29, 0.717) is 11.3 Å². The molecule has 3 aromatic rings. The fraction of sp³-hybridized carbons (Fsp3) is 0. The number of carboxylic acid groups (broad SMARTS) is 1. The number of aromatic nitrogens is 1. The Kier molecular flexibility index (Phi) is 3.42. The van der Waals surface area contributed by atoms with Crippen molar-refractivity contribution >= 4 is 5.97 Å². The van der Waals surface area contributed by atoms with Crippen LogP contribution < -0.4 is 0 Å². The monoisotopic (exact) mass is 290 g/mol. The van der Waals surface area contributed by atoms with E-state index in [1.807, 2.05) is 36.4 Å². The summed E-state index contributed by atoms with van der Waals surface area (Å²) in [6.07, 6.45) is 0. The second-order valence-corrected chi connectivity index (χ2v) is 4.56. The first kappa shape index (κ1) is 13.6. The van der Waals surface area contributed by atoms with Gasteiger partial charge in [-0.1, -0.05) is 30.3 Å². The van der Waals surface area contributed by atoms with Gasteiger partial charge in [-0.2, -0.15) is 10.2 Å². The Bertz CT molecular complexity index is 859. The fourth-order valence-electron chi connectivity index (χ4n) is 2.06. The molecule has 1 heterocycles. The molecule has 5 nitrogen and oxygen atoms in total. The topological polar surface area (TPSA) is 87.1 Å². The largest absolute Gasteiger partial charge is 0.478 e. The molecule has 0 aliphatic rings. The number of nitriles is 1. The zero-order chi connectivity index (χ0) is 15.5. The highest BCUT2D eigenvalue weighted by Crippen LogP contribution is 2.29. The lowest BCUT2D eigenvalue weighted by atomic mass is 10.1. The fourth-order valence-corrected chi connectivity index (χ4v) is 2.06. The van der Waals surface area contributed by atoms with Gasteiger partial charge >= 0.3 is 5.97 Å². The van der Waals surface area contributed by atoms with Gasteiger partial charge in [0.2, 0.25) is 5.89 Å². The standard InChI is InChI=1S/C17H10N2O3/c18-10-14-15(11-4-2-1-3-5-11)22-16(19-14)12-6-8-13(9-7-12)17(20)21/h1-9H,(H,20,21). The van der Waals surface area contributed by atoms with Gasteiger partial charge in [0.1, 0.15) is 6.07 Å². The zero-order valence-electron chi connectivity index (χ0n) is 11.4. The van der Waals surface area contributed by atoms with Crippen LogP contribution in [0.5, 0.6) is 0 Å². The first-order chi connectivity index (χ1) is 10.7. The number of hydrogen-bond donors (Lipinski definition) is 1. The van der Waals surface area contributed by atoms with Crippen LogP contribution in [0.25, 0.3) is 22.8 Å². The summed E-state index contributed by atoms with van der Waals surface area (Å²) in [6, 6.07) is 17.4. The predicted molar refractivity (Wildman–Crippen MR) is 79.0 cm³/mol. The average Bonchev–Trinajstić information content (AvgIpc) is 3.00. The summed E-state index contributed by atoms with van der Waals surface area (Å²) in [5.74, 6) is -0.311. The van der Waals surface area contributed by atoms with Crippen molar-refractivity contribution in [3.05, 3.63) is 65.9 Å². The zero-order valence-corrected chi connectivity index (χ0v) is 11.4. The van der Waals surface area contributed by atoms with Crippen molar-refractivity contribution in [3.63, 3.8) is 0 Å². The summed E-state index contributed by atoms with van der Waals surface area (Å²) in [5.41, 5.74) is 1.76. The van der Waals surface area contributed by atoms with Gasteiger partial charge in [-0.05, 0) is 24.3 Å². The van der Waals surface area contributed by atoms with Gasteiger partial charge in [0, 0.05) is 11.1 Å². The molecular weight excluding hydrogens is 280 g/mol. The first-order valence-electron chi connectivity index (χ1n) is 6.49. The Balaban J connectivity index is 2.04. The third-order valence-corrected chi connectivity index (χ3v) is 3.15. The Morgan fingerprint density at radius 1 is 1.05 bits per heavy atom. The SMILES string of the molecule is N#Cc1nc(-c2ccc(C(=O)O)cc2)oc1-c1ccccc1. The Morgan fingerprint density at radius 2 is 1.73 bits per heavy atom. The summed E-state index contributed by atoms with van der Waals surface area (Å²) in [6.45, 7) is 0. The average molecular weight is 290 g/mol. The molecule has 1 aromatic heterocycles. The number of aromatic carboxylic acids is 1. The van der Waals surface area contributed by atoms with E-state index in [2.05, 4.69) is 4.98 Å². The van der Waals surface area contributed by atoms with Crippen molar-refractivity contribution in [1.29, 1.82) is 5.26 Å². The van der Waals surface area contributed by atoms with Crippen molar-refractivity contribution in [2.24, 2.45) is 0 Å². The quantitative estimate of drug-likeness (QED) is 0.796. The van der Waals surface area contributed by atoms with Crippen LogP contribution in [0.2, 0.25) is 0 Å². The number of rotatable bonds is 3. The van der Waals surface area contributed by atoms with E-state index in [4.69, 9.17) is 9.52 Å². The van der Waals surface area contributed by atoms with E-state index in [-0.39, 0.29) is 17.1 Å².